The highest BCUT2D eigenvalue weighted by molar-refractivity contribution is 7.99. The van der Waals surface area contributed by atoms with Gasteiger partial charge in [0.2, 0.25) is 11.9 Å². The first-order chi connectivity index (χ1) is 11.6. The molecule has 3 N–H and O–H groups in total. The monoisotopic (exact) mass is 353 g/mol. The second-order valence-corrected chi connectivity index (χ2v) is 6.99. The Morgan fingerprint density at radius 3 is 3.04 bits per heavy atom. The van der Waals surface area contributed by atoms with Gasteiger partial charge in [-0.25, -0.2) is 0 Å². The van der Waals surface area contributed by atoms with Crippen LogP contribution in [0.25, 0.3) is 0 Å². The van der Waals surface area contributed by atoms with Crippen LogP contribution in [0.5, 0.6) is 0 Å². The largest absolute Gasteiger partial charge is 0.376 e. The van der Waals surface area contributed by atoms with E-state index in [1.807, 2.05) is 0 Å². The smallest absolute Gasteiger partial charge is 0.230 e. The van der Waals surface area contributed by atoms with Gasteiger partial charge in [-0.15, -0.1) is 16.8 Å². The maximum absolute atomic E-state index is 11.9. The first kappa shape index (κ1) is 18.8. The molecule has 1 amide bonds. The molecule has 0 spiro atoms. The topological polar surface area (TPSA) is 95.1 Å². The van der Waals surface area contributed by atoms with E-state index in [4.69, 9.17) is 10.5 Å². The van der Waals surface area contributed by atoms with Gasteiger partial charge in [0.05, 0.1) is 18.5 Å². The van der Waals surface area contributed by atoms with Crippen LogP contribution in [0.4, 0.5) is 5.95 Å². The minimum Gasteiger partial charge on any atom is -0.376 e. The molecule has 8 heteroatoms. The van der Waals surface area contributed by atoms with Gasteiger partial charge in [0.1, 0.15) is 0 Å². The molecule has 0 radical (unpaired) electrons. The zero-order chi connectivity index (χ0) is 17.4. The van der Waals surface area contributed by atoms with E-state index in [2.05, 4.69) is 29.0 Å². The molecular formula is C16H27N5O2S. The summed E-state index contributed by atoms with van der Waals surface area (Å²) in [4.78, 5) is 11.9. The molecular weight excluding hydrogens is 326 g/mol. The van der Waals surface area contributed by atoms with Gasteiger partial charge in [-0.1, -0.05) is 37.6 Å². The van der Waals surface area contributed by atoms with Crippen LogP contribution >= 0.6 is 11.8 Å². The summed E-state index contributed by atoms with van der Waals surface area (Å²) in [5, 5.41) is 11.3. The van der Waals surface area contributed by atoms with Gasteiger partial charge in [0, 0.05) is 13.1 Å². The van der Waals surface area contributed by atoms with E-state index in [0.29, 0.717) is 42.8 Å². The molecule has 2 rings (SSSR count). The van der Waals surface area contributed by atoms with Gasteiger partial charge in [-0.3, -0.25) is 9.36 Å². The molecule has 0 aromatic carbocycles. The first-order valence-electron chi connectivity index (χ1n) is 8.42. The summed E-state index contributed by atoms with van der Waals surface area (Å²) in [6.07, 6.45) is 6.97. The number of carbonyl (C=O) groups is 1. The van der Waals surface area contributed by atoms with E-state index in [1.165, 1.54) is 31.0 Å². The maximum atomic E-state index is 11.9. The van der Waals surface area contributed by atoms with E-state index in [1.54, 1.807) is 10.6 Å². The Morgan fingerprint density at radius 2 is 2.29 bits per heavy atom. The molecule has 1 saturated carbocycles. The number of nitrogens with one attached hydrogen (secondary N) is 1. The van der Waals surface area contributed by atoms with Crippen LogP contribution in [0.2, 0.25) is 0 Å². The van der Waals surface area contributed by atoms with Crippen molar-refractivity contribution in [2.24, 2.45) is 5.92 Å². The number of thioether (sulfide) groups is 1. The van der Waals surface area contributed by atoms with Crippen molar-refractivity contribution in [1.29, 1.82) is 0 Å². The second-order valence-electron chi connectivity index (χ2n) is 6.05. The van der Waals surface area contributed by atoms with Crippen LogP contribution < -0.4 is 11.1 Å². The van der Waals surface area contributed by atoms with Crippen molar-refractivity contribution in [3.63, 3.8) is 0 Å². The van der Waals surface area contributed by atoms with Gasteiger partial charge >= 0.3 is 0 Å². The van der Waals surface area contributed by atoms with Crippen molar-refractivity contribution < 1.29 is 9.53 Å². The first-order valence-corrected chi connectivity index (χ1v) is 9.41. The summed E-state index contributed by atoms with van der Waals surface area (Å²) in [5.74, 6) is 1.17. The van der Waals surface area contributed by atoms with Gasteiger partial charge in [0.15, 0.2) is 5.16 Å². The Kier molecular flexibility index (Phi) is 7.58. The zero-order valence-corrected chi connectivity index (χ0v) is 15.1. The molecule has 2 atom stereocenters. The van der Waals surface area contributed by atoms with Gasteiger partial charge in [-0.05, 0) is 18.8 Å². The highest BCUT2D eigenvalue weighted by Crippen LogP contribution is 2.26. The number of nitrogens with two attached hydrogens (primary N) is 1. The number of anilines is 1. The molecule has 1 aromatic heterocycles. The third-order valence-corrected chi connectivity index (χ3v) is 5.15. The lowest BCUT2D eigenvalue weighted by Gasteiger charge is -2.28. The Bertz CT molecular complexity index is 549. The Balaban J connectivity index is 1.64. The maximum Gasteiger partial charge on any atom is 0.230 e. The van der Waals surface area contributed by atoms with Crippen molar-refractivity contribution >= 4 is 23.6 Å². The second kappa shape index (κ2) is 9.68. The fourth-order valence-corrected chi connectivity index (χ4v) is 3.60. The molecule has 1 aromatic rings. The number of carbonyl (C=O) groups excluding carboxylic acids is 1. The minimum absolute atomic E-state index is 0.0491. The lowest BCUT2D eigenvalue weighted by Crippen LogP contribution is -2.32. The predicted octanol–water partition coefficient (Wildman–Crippen LogP) is 1.85. The molecule has 0 saturated heterocycles. The molecule has 1 aliphatic rings. The normalized spacial score (nSPS) is 20.7. The molecule has 0 aliphatic heterocycles. The molecule has 1 fully saturated rings. The highest BCUT2D eigenvalue weighted by Gasteiger charge is 2.21. The summed E-state index contributed by atoms with van der Waals surface area (Å²) >= 11 is 1.31. The summed E-state index contributed by atoms with van der Waals surface area (Å²) in [6.45, 7) is 7.53. The number of amides is 1. The third kappa shape index (κ3) is 5.52. The number of allylic oxidation sites excluding steroid dienone is 1. The van der Waals surface area contributed by atoms with Crippen molar-refractivity contribution in [2.75, 3.05) is 24.6 Å². The quantitative estimate of drug-likeness (QED) is 0.400. The number of nitrogen functional groups attached to an aromatic ring is 1. The SMILES string of the molecule is C=CCn1c(N)nnc1SCC(=O)NCCOC1CCCCC1C. The Morgan fingerprint density at radius 1 is 1.50 bits per heavy atom. The van der Waals surface area contributed by atoms with E-state index >= 15 is 0 Å². The van der Waals surface area contributed by atoms with Crippen LogP contribution in [0.15, 0.2) is 17.8 Å². The molecule has 0 bridgehead atoms. The van der Waals surface area contributed by atoms with Crippen molar-refractivity contribution in [3.8, 4) is 0 Å². The summed E-state index contributed by atoms with van der Waals surface area (Å²) in [6, 6.07) is 0. The molecule has 2 unspecified atom stereocenters. The average molecular weight is 353 g/mol. The van der Waals surface area contributed by atoms with Gasteiger partial charge < -0.3 is 15.8 Å². The van der Waals surface area contributed by atoms with Crippen LogP contribution in [-0.2, 0) is 16.1 Å². The Hall–Kier alpha value is -1.54. The number of rotatable bonds is 9. The molecule has 24 heavy (non-hydrogen) atoms. The predicted molar refractivity (Wildman–Crippen MR) is 95.7 cm³/mol. The summed E-state index contributed by atoms with van der Waals surface area (Å²) < 4.78 is 7.61. The minimum atomic E-state index is -0.0491. The lowest BCUT2D eigenvalue weighted by molar-refractivity contribution is -0.119. The number of hydrogen-bond acceptors (Lipinski definition) is 6. The number of aromatic nitrogens is 3. The fraction of sp³-hybridized carbons (Fsp3) is 0.688. The summed E-state index contributed by atoms with van der Waals surface area (Å²) in [7, 11) is 0. The van der Waals surface area contributed by atoms with E-state index < -0.39 is 0 Å². The Labute approximate surface area is 147 Å². The number of nitrogens with zero attached hydrogens (tertiary/aromatic N) is 3. The van der Waals surface area contributed by atoms with Gasteiger partial charge in [0.25, 0.3) is 0 Å². The van der Waals surface area contributed by atoms with E-state index in [9.17, 15) is 4.79 Å². The summed E-state index contributed by atoms with van der Waals surface area (Å²) in [5.41, 5.74) is 5.73. The fourth-order valence-electron chi connectivity index (χ4n) is 2.82. The standard InChI is InChI=1S/C16H27N5O2S/c1-3-9-21-15(17)19-20-16(21)24-11-14(22)18-8-10-23-13-7-5-4-6-12(13)2/h3,12-13H,1,4-11H2,2H3,(H2,17,19)(H,18,22). The molecule has 7 nitrogen and oxygen atoms in total. The number of hydrogen-bond donors (Lipinski definition) is 2. The van der Waals surface area contributed by atoms with Crippen LogP contribution in [0, 0.1) is 5.92 Å². The van der Waals surface area contributed by atoms with Gasteiger partial charge in [-0.2, -0.15) is 0 Å². The van der Waals surface area contributed by atoms with E-state index in [0.717, 1.165) is 6.42 Å². The van der Waals surface area contributed by atoms with Crippen molar-refractivity contribution in [1.82, 2.24) is 20.1 Å². The van der Waals surface area contributed by atoms with Crippen molar-refractivity contribution in [3.05, 3.63) is 12.7 Å². The van der Waals surface area contributed by atoms with Crippen LogP contribution in [0.3, 0.4) is 0 Å². The molecule has 134 valence electrons. The van der Waals surface area contributed by atoms with Crippen LogP contribution in [0.1, 0.15) is 32.6 Å². The third-order valence-electron chi connectivity index (χ3n) is 4.18. The van der Waals surface area contributed by atoms with E-state index in [-0.39, 0.29) is 11.7 Å². The molecule has 1 aliphatic carbocycles. The zero-order valence-electron chi connectivity index (χ0n) is 14.2. The average Bonchev–Trinajstić information content (AvgIpc) is 2.92. The van der Waals surface area contributed by atoms with Crippen LogP contribution in [-0.4, -0.2) is 45.7 Å². The highest BCUT2D eigenvalue weighted by atomic mass is 32.2. The molecule has 1 heterocycles. The lowest BCUT2D eigenvalue weighted by atomic mass is 9.88. The number of ether oxygens (including phenoxy) is 1. The van der Waals surface area contributed by atoms with Crippen molar-refractivity contribution in [2.45, 2.75) is 50.4 Å².